The van der Waals surface area contributed by atoms with Crippen LogP contribution in [0.25, 0.3) is 10.8 Å². The van der Waals surface area contributed by atoms with Crippen LogP contribution >= 0.6 is 11.8 Å². The van der Waals surface area contributed by atoms with Crippen LogP contribution < -0.4 is 9.47 Å². The maximum absolute atomic E-state index is 13.2. The molecule has 0 spiro atoms. The normalized spacial score (nSPS) is 17.4. The van der Waals surface area contributed by atoms with E-state index in [9.17, 15) is 4.79 Å². The first kappa shape index (κ1) is 22.9. The molecule has 1 heterocycles. The SMILES string of the molecule is CCC[C@@H]1S/C(=N/N=C\c2ccc(OC)c(OC)c2)N(Cc2cccc3ccccc23)C1=O. The number of benzene rings is 3. The van der Waals surface area contributed by atoms with Crippen molar-refractivity contribution in [1.82, 2.24) is 4.90 Å². The Kier molecular flexibility index (Phi) is 7.29. The third kappa shape index (κ3) is 5.03. The van der Waals surface area contributed by atoms with E-state index >= 15 is 0 Å². The van der Waals surface area contributed by atoms with Gasteiger partial charge in [0.1, 0.15) is 0 Å². The molecule has 7 heteroatoms. The smallest absolute Gasteiger partial charge is 0.242 e. The second kappa shape index (κ2) is 10.5. The molecular formula is C26H27N3O3S. The molecule has 4 rings (SSSR count). The Bertz CT molecular complexity index is 1200. The van der Waals surface area contributed by atoms with Gasteiger partial charge in [0.05, 0.1) is 32.2 Å². The molecule has 1 fully saturated rings. The third-order valence-corrected chi connectivity index (χ3v) is 6.77. The molecule has 170 valence electrons. The van der Waals surface area contributed by atoms with Gasteiger partial charge in [-0.3, -0.25) is 9.69 Å². The summed E-state index contributed by atoms with van der Waals surface area (Å²) < 4.78 is 10.6. The number of amidine groups is 1. The molecule has 1 amide bonds. The molecule has 3 aromatic rings. The number of thioether (sulfide) groups is 1. The lowest BCUT2D eigenvalue weighted by Crippen LogP contribution is -2.31. The van der Waals surface area contributed by atoms with Crippen molar-refractivity contribution in [2.24, 2.45) is 10.2 Å². The van der Waals surface area contributed by atoms with Gasteiger partial charge in [0.2, 0.25) is 5.91 Å². The maximum atomic E-state index is 13.2. The minimum Gasteiger partial charge on any atom is -0.493 e. The topological polar surface area (TPSA) is 63.5 Å². The molecule has 1 atom stereocenters. The lowest BCUT2D eigenvalue weighted by molar-refractivity contribution is -0.126. The molecule has 6 nitrogen and oxygen atoms in total. The number of fused-ring (bicyclic) bond motifs is 1. The second-order valence-corrected chi connectivity index (χ2v) is 8.87. The van der Waals surface area contributed by atoms with Crippen LogP contribution in [0.4, 0.5) is 0 Å². The summed E-state index contributed by atoms with van der Waals surface area (Å²) in [6.45, 7) is 2.56. The molecule has 1 aliphatic rings. The predicted molar refractivity (Wildman–Crippen MR) is 135 cm³/mol. The number of carbonyl (C=O) groups is 1. The first-order valence-electron chi connectivity index (χ1n) is 10.9. The molecule has 0 N–H and O–H groups in total. The zero-order chi connectivity index (χ0) is 23.2. The summed E-state index contributed by atoms with van der Waals surface area (Å²) in [4.78, 5) is 14.9. The van der Waals surface area contributed by atoms with E-state index in [1.54, 1.807) is 25.3 Å². The molecule has 0 saturated carbocycles. The Morgan fingerprint density at radius 3 is 2.61 bits per heavy atom. The van der Waals surface area contributed by atoms with E-state index in [0.717, 1.165) is 34.7 Å². The van der Waals surface area contributed by atoms with E-state index in [4.69, 9.17) is 9.47 Å². The van der Waals surface area contributed by atoms with Crippen molar-refractivity contribution in [3.05, 3.63) is 71.8 Å². The molecule has 3 aromatic carbocycles. The number of hydrogen-bond acceptors (Lipinski definition) is 6. The van der Waals surface area contributed by atoms with Crippen LogP contribution in [0.15, 0.2) is 70.9 Å². The molecule has 0 bridgehead atoms. The van der Waals surface area contributed by atoms with E-state index in [1.807, 2.05) is 36.4 Å². The Morgan fingerprint density at radius 1 is 1.03 bits per heavy atom. The number of hydrogen-bond donors (Lipinski definition) is 0. The summed E-state index contributed by atoms with van der Waals surface area (Å²) in [5.41, 5.74) is 1.92. The molecule has 0 aromatic heterocycles. The monoisotopic (exact) mass is 461 g/mol. The lowest BCUT2D eigenvalue weighted by atomic mass is 10.0. The third-order valence-electron chi connectivity index (χ3n) is 5.54. The quantitative estimate of drug-likeness (QED) is 0.329. The summed E-state index contributed by atoms with van der Waals surface area (Å²) in [7, 11) is 3.20. The van der Waals surface area contributed by atoms with Gasteiger partial charge in [0.25, 0.3) is 0 Å². The summed E-state index contributed by atoms with van der Waals surface area (Å²) in [6.07, 6.45) is 3.41. The van der Waals surface area contributed by atoms with Crippen molar-refractivity contribution >= 4 is 39.8 Å². The summed E-state index contributed by atoms with van der Waals surface area (Å²) in [5, 5.41) is 11.5. The van der Waals surface area contributed by atoms with Crippen LogP contribution in [0, 0.1) is 0 Å². The largest absolute Gasteiger partial charge is 0.493 e. The van der Waals surface area contributed by atoms with Crippen LogP contribution in [0.1, 0.15) is 30.9 Å². The first-order chi connectivity index (χ1) is 16.1. The van der Waals surface area contributed by atoms with E-state index in [2.05, 4.69) is 41.4 Å². The van der Waals surface area contributed by atoms with Crippen LogP contribution in [-0.2, 0) is 11.3 Å². The summed E-state index contributed by atoms with van der Waals surface area (Å²) >= 11 is 1.49. The Hall–Kier alpha value is -3.32. The van der Waals surface area contributed by atoms with Crippen molar-refractivity contribution in [3.63, 3.8) is 0 Å². The molecule has 0 aliphatic carbocycles. The van der Waals surface area contributed by atoms with Crippen molar-refractivity contribution in [3.8, 4) is 11.5 Å². The molecule has 1 saturated heterocycles. The maximum Gasteiger partial charge on any atom is 0.242 e. The fourth-order valence-electron chi connectivity index (χ4n) is 3.86. The van der Waals surface area contributed by atoms with Gasteiger partial charge in [0, 0.05) is 0 Å². The lowest BCUT2D eigenvalue weighted by Gasteiger charge is -2.17. The van der Waals surface area contributed by atoms with Crippen molar-refractivity contribution < 1.29 is 14.3 Å². The number of rotatable bonds is 8. The molecular weight excluding hydrogens is 434 g/mol. The fraction of sp³-hybridized carbons (Fsp3) is 0.269. The van der Waals surface area contributed by atoms with Crippen molar-refractivity contribution in [1.29, 1.82) is 0 Å². The Balaban J connectivity index is 1.61. The van der Waals surface area contributed by atoms with Gasteiger partial charge in [-0.15, -0.1) is 5.10 Å². The van der Waals surface area contributed by atoms with Gasteiger partial charge in [-0.25, -0.2) is 0 Å². The summed E-state index contributed by atoms with van der Waals surface area (Å²) in [5.74, 6) is 1.37. The average molecular weight is 462 g/mol. The highest BCUT2D eigenvalue weighted by Crippen LogP contribution is 2.33. The van der Waals surface area contributed by atoms with E-state index < -0.39 is 0 Å². The zero-order valence-electron chi connectivity index (χ0n) is 19.0. The standard InChI is InChI=1S/C26H27N3O3S/c1-4-8-24-25(30)29(17-20-11-7-10-19-9-5-6-12-21(19)20)26(33-24)28-27-16-18-13-14-22(31-2)23(15-18)32-3/h5-7,9-16,24H,4,8,17H2,1-3H3/b27-16-,28-26+/t24-/m0/s1. The molecule has 0 unspecified atom stereocenters. The number of carbonyl (C=O) groups excluding carboxylic acids is 1. The summed E-state index contributed by atoms with van der Waals surface area (Å²) in [6, 6.07) is 19.9. The van der Waals surface area contributed by atoms with E-state index in [-0.39, 0.29) is 11.2 Å². The molecule has 0 radical (unpaired) electrons. The highest BCUT2D eigenvalue weighted by atomic mass is 32.2. The second-order valence-electron chi connectivity index (χ2n) is 7.70. The number of nitrogens with zero attached hydrogens (tertiary/aromatic N) is 3. The average Bonchev–Trinajstić information content (AvgIpc) is 3.13. The van der Waals surface area contributed by atoms with Gasteiger partial charge in [0.15, 0.2) is 16.7 Å². The Morgan fingerprint density at radius 2 is 1.82 bits per heavy atom. The van der Waals surface area contributed by atoms with E-state index in [1.165, 1.54) is 11.8 Å². The number of amides is 1. The first-order valence-corrected chi connectivity index (χ1v) is 11.8. The van der Waals surface area contributed by atoms with Crippen LogP contribution in [0.2, 0.25) is 0 Å². The molecule has 33 heavy (non-hydrogen) atoms. The minimum atomic E-state index is -0.125. The van der Waals surface area contributed by atoms with Gasteiger partial charge in [-0.2, -0.15) is 5.10 Å². The molecule has 1 aliphatic heterocycles. The van der Waals surface area contributed by atoms with Gasteiger partial charge < -0.3 is 9.47 Å². The zero-order valence-corrected chi connectivity index (χ0v) is 19.8. The van der Waals surface area contributed by atoms with Gasteiger partial charge in [-0.05, 0) is 46.5 Å². The van der Waals surface area contributed by atoms with E-state index in [0.29, 0.717) is 23.2 Å². The van der Waals surface area contributed by atoms with Crippen LogP contribution in [0.3, 0.4) is 0 Å². The fourth-order valence-corrected chi connectivity index (χ4v) is 5.07. The van der Waals surface area contributed by atoms with Crippen molar-refractivity contribution in [2.45, 2.75) is 31.6 Å². The predicted octanol–water partition coefficient (Wildman–Crippen LogP) is 5.49. The minimum absolute atomic E-state index is 0.0925. The van der Waals surface area contributed by atoms with Gasteiger partial charge in [-0.1, -0.05) is 67.6 Å². The highest BCUT2D eigenvalue weighted by Gasteiger charge is 2.37. The Labute approximate surface area is 198 Å². The van der Waals surface area contributed by atoms with Crippen LogP contribution in [-0.4, -0.2) is 41.7 Å². The van der Waals surface area contributed by atoms with Crippen LogP contribution in [0.5, 0.6) is 11.5 Å². The van der Waals surface area contributed by atoms with Gasteiger partial charge >= 0.3 is 0 Å². The number of methoxy groups -OCH3 is 2. The highest BCUT2D eigenvalue weighted by molar-refractivity contribution is 8.15. The number of ether oxygens (including phenoxy) is 2. The van der Waals surface area contributed by atoms with Crippen molar-refractivity contribution in [2.75, 3.05) is 14.2 Å².